The Morgan fingerprint density at radius 1 is 1.24 bits per heavy atom. The maximum Gasteiger partial charge on any atom is 0.332 e. The van der Waals surface area contributed by atoms with Crippen LogP contribution >= 0.6 is 0 Å². The lowest BCUT2D eigenvalue weighted by atomic mass is 10.2. The fourth-order valence-corrected chi connectivity index (χ4v) is 3.92. The summed E-state index contributed by atoms with van der Waals surface area (Å²) in [6, 6.07) is 9.67. The van der Waals surface area contributed by atoms with Crippen molar-refractivity contribution in [2.45, 2.75) is 45.2 Å². The van der Waals surface area contributed by atoms with Gasteiger partial charge in [-0.25, -0.2) is 14.3 Å². The van der Waals surface area contributed by atoms with Crippen molar-refractivity contribution in [3.05, 3.63) is 58.7 Å². The topological polar surface area (TPSA) is 141 Å². The van der Waals surface area contributed by atoms with Gasteiger partial charge in [0.05, 0.1) is 12.3 Å². The van der Waals surface area contributed by atoms with Crippen molar-refractivity contribution in [2.24, 2.45) is 0 Å². The van der Waals surface area contributed by atoms with Gasteiger partial charge in [-0.2, -0.15) is 4.98 Å². The van der Waals surface area contributed by atoms with E-state index < -0.39 is 36.1 Å². The molecular weight excluding hydrogens is 442 g/mol. The predicted molar refractivity (Wildman–Crippen MR) is 122 cm³/mol. The number of carbonyl (C=O) groups is 2. The standard InChI is InChI=1S/C23H25N5O6/c1-14(29)32-13-17-11-19(33-15(2)30)21(34-17)28-20-18(12-25-22(24)26-20)27(23(28)31)10-6-9-16-7-4-3-5-8-16/h3-9,12,17,19,21H,10-11,13H2,1-2H3,(H2,24,25,26)/b9-6+/t17-,19+,21+/m0/s1. The van der Waals surface area contributed by atoms with Crippen LogP contribution in [-0.2, 0) is 30.3 Å². The molecule has 1 aliphatic heterocycles. The van der Waals surface area contributed by atoms with Crippen LogP contribution in [0.15, 0.2) is 47.4 Å². The van der Waals surface area contributed by atoms with Crippen LogP contribution in [0.3, 0.4) is 0 Å². The molecule has 2 N–H and O–H groups in total. The van der Waals surface area contributed by atoms with Gasteiger partial charge in [0.2, 0.25) is 5.95 Å². The quantitative estimate of drug-likeness (QED) is 0.514. The number of nitrogen functional groups attached to an aromatic ring is 1. The first-order valence-corrected chi connectivity index (χ1v) is 10.7. The van der Waals surface area contributed by atoms with Gasteiger partial charge in [-0.15, -0.1) is 0 Å². The minimum Gasteiger partial charge on any atom is -0.463 e. The van der Waals surface area contributed by atoms with E-state index in [1.54, 1.807) is 0 Å². The molecule has 11 nitrogen and oxygen atoms in total. The third kappa shape index (κ3) is 4.99. The number of aromatic nitrogens is 4. The lowest BCUT2D eigenvalue weighted by molar-refractivity contribution is -0.153. The van der Waals surface area contributed by atoms with E-state index in [0.29, 0.717) is 5.52 Å². The number of benzene rings is 1. The summed E-state index contributed by atoms with van der Waals surface area (Å²) in [5.41, 5.74) is 7.07. The minimum atomic E-state index is -0.979. The second kappa shape index (κ2) is 9.87. The van der Waals surface area contributed by atoms with Crippen LogP contribution < -0.4 is 11.4 Å². The van der Waals surface area contributed by atoms with Gasteiger partial charge >= 0.3 is 17.6 Å². The number of nitrogens with two attached hydrogens (primary N) is 1. The maximum absolute atomic E-state index is 13.5. The van der Waals surface area contributed by atoms with Crippen LogP contribution in [0.5, 0.6) is 0 Å². The van der Waals surface area contributed by atoms with Crippen LogP contribution in [0, 0.1) is 0 Å². The van der Waals surface area contributed by atoms with Gasteiger partial charge < -0.3 is 19.9 Å². The highest BCUT2D eigenvalue weighted by molar-refractivity contribution is 5.72. The molecule has 1 saturated heterocycles. The molecule has 3 aromatic rings. The summed E-state index contributed by atoms with van der Waals surface area (Å²) in [6.45, 7) is 2.77. The van der Waals surface area contributed by atoms with Crippen molar-refractivity contribution < 1.29 is 23.8 Å². The van der Waals surface area contributed by atoms with Gasteiger partial charge in [0.15, 0.2) is 11.9 Å². The Kier molecular flexibility index (Phi) is 6.73. The number of hydrogen-bond donors (Lipinski definition) is 1. The Morgan fingerprint density at radius 3 is 2.71 bits per heavy atom. The molecule has 1 aliphatic rings. The highest BCUT2D eigenvalue weighted by atomic mass is 16.6. The molecule has 0 bridgehead atoms. The summed E-state index contributed by atoms with van der Waals surface area (Å²) in [4.78, 5) is 44.8. The number of rotatable bonds is 7. The largest absolute Gasteiger partial charge is 0.463 e. The first kappa shape index (κ1) is 23.2. The average Bonchev–Trinajstić information content (AvgIpc) is 3.30. The molecule has 11 heteroatoms. The van der Waals surface area contributed by atoms with Gasteiger partial charge in [-0.3, -0.25) is 14.2 Å². The average molecular weight is 467 g/mol. The lowest BCUT2D eigenvalue weighted by Crippen LogP contribution is -2.33. The Hall–Kier alpha value is -3.99. The molecule has 4 rings (SSSR count). The third-order valence-electron chi connectivity index (χ3n) is 5.31. The lowest BCUT2D eigenvalue weighted by Gasteiger charge is -2.19. The predicted octanol–water partition coefficient (Wildman–Crippen LogP) is 1.67. The summed E-state index contributed by atoms with van der Waals surface area (Å²) in [5.74, 6) is -1.00. The summed E-state index contributed by atoms with van der Waals surface area (Å²) >= 11 is 0. The Bertz CT molecular complexity index is 1280. The highest BCUT2D eigenvalue weighted by Crippen LogP contribution is 2.33. The van der Waals surface area contributed by atoms with E-state index in [1.807, 2.05) is 42.5 Å². The van der Waals surface area contributed by atoms with Gasteiger partial charge in [-0.05, 0) is 5.56 Å². The summed E-state index contributed by atoms with van der Waals surface area (Å²) in [5, 5.41) is 0. The number of fused-ring (bicyclic) bond motifs is 1. The number of anilines is 1. The van der Waals surface area contributed by atoms with Gasteiger partial charge in [0, 0.05) is 26.8 Å². The normalized spacial score (nSPS) is 20.1. The molecule has 0 aliphatic carbocycles. The van der Waals surface area contributed by atoms with Gasteiger partial charge in [0.1, 0.15) is 18.2 Å². The number of carbonyl (C=O) groups excluding carboxylic acids is 2. The SMILES string of the molecule is CC(=O)OC[C@@H]1C[C@@H](OC(C)=O)[C@H](n2c(=O)n(C/C=C/c3ccccc3)c3cnc(N)nc32)O1. The number of nitrogens with zero attached hydrogens (tertiary/aromatic N) is 4. The minimum absolute atomic E-state index is 0.0169. The molecule has 0 saturated carbocycles. The Labute approximate surface area is 194 Å². The molecule has 0 unspecified atom stereocenters. The molecule has 1 aromatic carbocycles. The highest BCUT2D eigenvalue weighted by Gasteiger charge is 2.41. The fourth-order valence-electron chi connectivity index (χ4n) is 3.92. The number of ether oxygens (including phenoxy) is 3. The molecule has 2 aromatic heterocycles. The number of hydrogen-bond acceptors (Lipinski definition) is 9. The van der Waals surface area contributed by atoms with Crippen LogP contribution in [0.2, 0.25) is 0 Å². The first-order chi connectivity index (χ1) is 16.3. The molecule has 0 spiro atoms. The number of allylic oxidation sites excluding steroid dienone is 1. The van der Waals surface area contributed by atoms with E-state index in [0.717, 1.165) is 5.56 Å². The van der Waals surface area contributed by atoms with E-state index >= 15 is 0 Å². The summed E-state index contributed by atoms with van der Waals surface area (Å²) in [7, 11) is 0. The monoisotopic (exact) mass is 467 g/mol. The van der Waals surface area contributed by atoms with Gasteiger partial charge in [-0.1, -0.05) is 42.5 Å². The van der Waals surface area contributed by atoms with Crippen molar-refractivity contribution in [1.29, 1.82) is 0 Å². The molecule has 3 heterocycles. The second-order valence-electron chi connectivity index (χ2n) is 7.85. The van der Waals surface area contributed by atoms with Crippen LogP contribution in [-0.4, -0.2) is 49.9 Å². The van der Waals surface area contributed by atoms with Crippen molar-refractivity contribution >= 4 is 35.1 Å². The second-order valence-corrected chi connectivity index (χ2v) is 7.85. The summed E-state index contributed by atoms with van der Waals surface area (Å²) in [6.07, 6.45) is 3.12. The van der Waals surface area contributed by atoms with E-state index in [1.165, 1.54) is 29.2 Å². The number of imidazole rings is 1. The van der Waals surface area contributed by atoms with Crippen molar-refractivity contribution in [2.75, 3.05) is 12.3 Å². The molecule has 34 heavy (non-hydrogen) atoms. The molecular formula is C23H25N5O6. The molecule has 1 fully saturated rings. The van der Waals surface area contributed by atoms with E-state index in [2.05, 4.69) is 9.97 Å². The summed E-state index contributed by atoms with van der Waals surface area (Å²) < 4.78 is 19.3. The maximum atomic E-state index is 13.5. The first-order valence-electron chi connectivity index (χ1n) is 10.7. The molecule has 0 amide bonds. The van der Waals surface area contributed by atoms with Crippen LogP contribution in [0.4, 0.5) is 5.95 Å². The zero-order valence-electron chi connectivity index (χ0n) is 18.8. The Morgan fingerprint density at radius 2 is 2.00 bits per heavy atom. The van der Waals surface area contributed by atoms with Crippen molar-refractivity contribution in [1.82, 2.24) is 19.1 Å². The third-order valence-corrected chi connectivity index (χ3v) is 5.31. The fraction of sp³-hybridized carbons (Fsp3) is 0.348. The van der Waals surface area contributed by atoms with Gasteiger partial charge in [0.25, 0.3) is 0 Å². The zero-order valence-corrected chi connectivity index (χ0v) is 18.8. The van der Waals surface area contributed by atoms with Crippen molar-refractivity contribution in [3.63, 3.8) is 0 Å². The van der Waals surface area contributed by atoms with Crippen LogP contribution in [0.1, 0.15) is 32.1 Å². The zero-order chi connectivity index (χ0) is 24.2. The van der Waals surface area contributed by atoms with E-state index in [9.17, 15) is 14.4 Å². The molecule has 3 atom stereocenters. The molecule has 0 radical (unpaired) electrons. The molecule has 178 valence electrons. The Balaban J connectivity index is 1.72. The smallest absolute Gasteiger partial charge is 0.332 e. The number of esters is 2. The van der Waals surface area contributed by atoms with E-state index in [-0.39, 0.29) is 31.2 Å². The van der Waals surface area contributed by atoms with Crippen molar-refractivity contribution in [3.8, 4) is 0 Å². The van der Waals surface area contributed by atoms with E-state index in [4.69, 9.17) is 19.9 Å². The van der Waals surface area contributed by atoms with Crippen LogP contribution in [0.25, 0.3) is 17.2 Å².